The molecular formula is C36H20O. The van der Waals surface area contributed by atoms with Crippen molar-refractivity contribution in [2.75, 3.05) is 0 Å². The normalized spacial score (nSPS) is 12.3. The topological polar surface area (TPSA) is 13.1 Å². The third kappa shape index (κ3) is 2.43. The minimum atomic E-state index is 0.939. The van der Waals surface area contributed by atoms with E-state index in [9.17, 15) is 0 Å². The van der Waals surface area contributed by atoms with Crippen molar-refractivity contribution in [3.63, 3.8) is 0 Å². The number of para-hydroxylation sites is 1. The molecule has 0 amide bonds. The summed E-state index contributed by atoms with van der Waals surface area (Å²) in [4.78, 5) is 0. The average molecular weight is 469 g/mol. The molecule has 0 radical (unpaired) electrons. The molecule has 0 aliphatic carbocycles. The zero-order chi connectivity index (χ0) is 24.1. The zero-order valence-corrected chi connectivity index (χ0v) is 20.0. The van der Waals surface area contributed by atoms with Crippen molar-refractivity contribution in [3.05, 3.63) is 121 Å². The molecule has 9 aromatic rings. The van der Waals surface area contributed by atoms with Gasteiger partial charge in [-0.25, -0.2) is 0 Å². The highest BCUT2D eigenvalue weighted by Gasteiger charge is 2.21. The van der Waals surface area contributed by atoms with Gasteiger partial charge >= 0.3 is 0 Å². The van der Waals surface area contributed by atoms with Crippen molar-refractivity contribution in [2.24, 2.45) is 0 Å². The van der Waals surface area contributed by atoms with Crippen molar-refractivity contribution in [2.45, 2.75) is 0 Å². The van der Waals surface area contributed by atoms with Crippen LogP contribution in [0.15, 0.2) is 126 Å². The van der Waals surface area contributed by atoms with Gasteiger partial charge in [-0.2, -0.15) is 0 Å². The van der Waals surface area contributed by atoms with E-state index in [-0.39, 0.29) is 0 Å². The highest BCUT2D eigenvalue weighted by Crippen LogP contribution is 2.48. The Morgan fingerprint density at radius 3 is 1.78 bits per heavy atom. The minimum absolute atomic E-state index is 0.939. The van der Waals surface area contributed by atoms with E-state index >= 15 is 0 Å². The summed E-state index contributed by atoms with van der Waals surface area (Å²) in [7, 11) is 0. The van der Waals surface area contributed by atoms with Gasteiger partial charge < -0.3 is 4.42 Å². The second-order valence-corrected chi connectivity index (χ2v) is 10.1. The van der Waals surface area contributed by atoms with Crippen LogP contribution < -0.4 is 0 Å². The second-order valence-electron chi connectivity index (χ2n) is 10.1. The van der Waals surface area contributed by atoms with Gasteiger partial charge in [-0.3, -0.25) is 0 Å². The molecule has 0 fully saturated rings. The molecule has 0 atom stereocenters. The van der Waals surface area contributed by atoms with Gasteiger partial charge in [0.1, 0.15) is 11.2 Å². The van der Waals surface area contributed by atoms with Crippen LogP contribution in [0, 0.1) is 0 Å². The minimum Gasteiger partial charge on any atom is -0.455 e. The first-order chi connectivity index (χ1) is 18.4. The van der Waals surface area contributed by atoms with Crippen LogP contribution in [0.4, 0.5) is 0 Å². The standard InChI is InChI=1S/C36H20O/c1-3-12-24-21(9-1)19-22-10-2-4-13-25(22)33(24)30-20-23-11-7-16-28-32(23)34-26(30)15-8-17-29(34)36-35(28)27-14-5-6-18-31(27)37-36/h1-20H. The van der Waals surface area contributed by atoms with Crippen LogP contribution >= 0.6 is 0 Å². The number of furan rings is 1. The van der Waals surface area contributed by atoms with Crippen molar-refractivity contribution >= 4 is 75.8 Å². The quantitative estimate of drug-likeness (QED) is 0.172. The molecule has 1 heterocycles. The third-order valence-electron chi connectivity index (χ3n) is 8.15. The largest absolute Gasteiger partial charge is 0.455 e. The summed E-state index contributed by atoms with van der Waals surface area (Å²) in [6, 6.07) is 44.1. The monoisotopic (exact) mass is 468 g/mol. The summed E-state index contributed by atoms with van der Waals surface area (Å²) in [5.41, 5.74) is 4.49. The molecule has 0 bridgehead atoms. The van der Waals surface area contributed by atoms with Crippen LogP contribution in [0.2, 0.25) is 0 Å². The molecular weight excluding hydrogens is 448 g/mol. The highest BCUT2D eigenvalue weighted by atomic mass is 16.3. The number of hydrogen-bond donors (Lipinski definition) is 0. The van der Waals surface area contributed by atoms with E-state index in [1.165, 1.54) is 75.8 Å². The average Bonchev–Trinajstić information content (AvgIpc) is 3.35. The molecule has 1 aromatic heterocycles. The molecule has 0 unspecified atom stereocenters. The summed E-state index contributed by atoms with van der Waals surface area (Å²) in [5.74, 6) is 0. The molecule has 37 heavy (non-hydrogen) atoms. The predicted molar refractivity (Wildman–Crippen MR) is 158 cm³/mol. The second kappa shape index (κ2) is 6.87. The summed E-state index contributed by atoms with van der Waals surface area (Å²) in [5, 5.41) is 15.1. The zero-order valence-electron chi connectivity index (χ0n) is 20.0. The van der Waals surface area contributed by atoms with E-state index in [1.807, 2.05) is 0 Å². The summed E-state index contributed by atoms with van der Waals surface area (Å²) < 4.78 is 6.55. The Kier molecular flexibility index (Phi) is 3.59. The Labute approximate surface area is 212 Å². The van der Waals surface area contributed by atoms with Gasteiger partial charge in [0, 0.05) is 21.5 Å². The molecule has 8 aromatic carbocycles. The number of hydrogen-bond acceptors (Lipinski definition) is 1. The molecule has 0 aliphatic rings. The first kappa shape index (κ1) is 19.3. The van der Waals surface area contributed by atoms with E-state index in [0.717, 1.165) is 11.2 Å². The maximum atomic E-state index is 6.55. The van der Waals surface area contributed by atoms with Crippen LogP contribution in [0.25, 0.3) is 86.9 Å². The van der Waals surface area contributed by atoms with E-state index in [4.69, 9.17) is 4.42 Å². The SMILES string of the molecule is c1ccc2c(-c3cc4cccc5c6c7ccccc7oc6c6cccc3c6c45)c3ccccc3cc2c1. The van der Waals surface area contributed by atoms with Crippen LogP contribution in [0.1, 0.15) is 0 Å². The fourth-order valence-corrected chi connectivity index (χ4v) is 6.66. The molecule has 0 spiro atoms. The smallest absolute Gasteiger partial charge is 0.143 e. The van der Waals surface area contributed by atoms with Gasteiger partial charge in [0.25, 0.3) is 0 Å². The number of benzene rings is 8. The molecule has 0 N–H and O–H groups in total. The molecule has 170 valence electrons. The van der Waals surface area contributed by atoms with Crippen LogP contribution in [0.5, 0.6) is 0 Å². The molecule has 9 rings (SSSR count). The first-order valence-corrected chi connectivity index (χ1v) is 12.8. The van der Waals surface area contributed by atoms with Crippen molar-refractivity contribution < 1.29 is 4.42 Å². The van der Waals surface area contributed by atoms with Gasteiger partial charge in [0.15, 0.2) is 0 Å². The lowest BCUT2D eigenvalue weighted by Crippen LogP contribution is -1.91. The van der Waals surface area contributed by atoms with Crippen molar-refractivity contribution in [1.29, 1.82) is 0 Å². The number of fused-ring (bicyclic) bond motifs is 7. The maximum Gasteiger partial charge on any atom is 0.143 e. The Morgan fingerprint density at radius 2 is 0.973 bits per heavy atom. The van der Waals surface area contributed by atoms with E-state index in [2.05, 4.69) is 121 Å². The first-order valence-electron chi connectivity index (χ1n) is 12.8. The van der Waals surface area contributed by atoms with Gasteiger partial charge in [-0.15, -0.1) is 0 Å². The maximum absolute atomic E-state index is 6.55. The fraction of sp³-hybridized carbons (Fsp3) is 0. The Balaban J connectivity index is 1.57. The molecule has 1 nitrogen and oxygen atoms in total. The lowest BCUT2D eigenvalue weighted by molar-refractivity contribution is 0.673. The fourth-order valence-electron chi connectivity index (χ4n) is 6.66. The van der Waals surface area contributed by atoms with E-state index in [1.54, 1.807) is 0 Å². The van der Waals surface area contributed by atoms with Gasteiger partial charge in [-0.05, 0) is 72.4 Å². The van der Waals surface area contributed by atoms with Crippen LogP contribution in [0.3, 0.4) is 0 Å². The molecule has 0 aliphatic heterocycles. The molecule has 0 saturated carbocycles. The number of rotatable bonds is 1. The van der Waals surface area contributed by atoms with E-state index < -0.39 is 0 Å². The van der Waals surface area contributed by atoms with Gasteiger partial charge in [0.05, 0.1) is 0 Å². The lowest BCUT2D eigenvalue weighted by Gasteiger charge is -2.18. The van der Waals surface area contributed by atoms with Gasteiger partial charge in [0.2, 0.25) is 0 Å². The third-order valence-corrected chi connectivity index (χ3v) is 8.15. The van der Waals surface area contributed by atoms with Crippen LogP contribution in [-0.2, 0) is 0 Å². The van der Waals surface area contributed by atoms with Crippen LogP contribution in [-0.4, -0.2) is 0 Å². The molecule has 0 saturated heterocycles. The predicted octanol–water partition coefficient (Wildman–Crippen LogP) is 10.5. The van der Waals surface area contributed by atoms with Gasteiger partial charge in [-0.1, -0.05) is 103 Å². The highest BCUT2D eigenvalue weighted by molar-refractivity contribution is 6.38. The van der Waals surface area contributed by atoms with E-state index in [0.29, 0.717) is 0 Å². The van der Waals surface area contributed by atoms with Crippen molar-refractivity contribution in [1.82, 2.24) is 0 Å². The Morgan fingerprint density at radius 1 is 0.378 bits per heavy atom. The summed E-state index contributed by atoms with van der Waals surface area (Å²) >= 11 is 0. The molecule has 1 heteroatoms. The lowest BCUT2D eigenvalue weighted by atomic mass is 9.84. The Hall–Kier alpha value is -4.88. The Bertz CT molecular complexity index is 2300. The summed E-state index contributed by atoms with van der Waals surface area (Å²) in [6.45, 7) is 0. The summed E-state index contributed by atoms with van der Waals surface area (Å²) in [6.07, 6.45) is 0. The van der Waals surface area contributed by atoms with Crippen molar-refractivity contribution in [3.8, 4) is 11.1 Å².